The van der Waals surface area contributed by atoms with Gasteiger partial charge in [0.2, 0.25) is 0 Å². The van der Waals surface area contributed by atoms with Crippen LogP contribution in [0.25, 0.3) is 0 Å². The first-order valence-electron chi connectivity index (χ1n) is 11.7. The molecule has 0 saturated heterocycles. The molecule has 29 heavy (non-hydrogen) atoms. The molecule has 3 aliphatic rings. The minimum atomic E-state index is -0.256. The molecule has 7 atom stereocenters. The van der Waals surface area contributed by atoms with Crippen molar-refractivity contribution < 1.29 is 14.7 Å². The molecule has 3 aliphatic carbocycles. The average Bonchev–Trinajstić information content (AvgIpc) is 2.67. The van der Waals surface area contributed by atoms with Crippen LogP contribution in [0.4, 0.5) is 0 Å². The summed E-state index contributed by atoms with van der Waals surface area (Å²) < 4.78 is 0. The number of ketones is 1. The molecule has 0 aromatic heterocycles. The third-order valence-corrected chi connectivity index (χ3v) is 8.86. The van der Waals surface area contributed by atoms with Gasteiger partial charge in [-0.15, -0.1) is 0 Å². The van der Waals surface area contributed by atoms with E-state index >= 15 is 0 Å². The molecular formula is C24H42N2O3. The number of oxime groups is 1. The summed E-state index contributed by atoms with van der Waals surface area (Å²) in [6.45, 7) is 8.25. The summed E-state index contributed by atoms with van der Waals surface area (Å²) in [7, 11) is 4.03. The fourth-order valence-corrected chi connectivity index (χ4v) is 6.50. The van der Waals surface area contributed by atoms with Gasteiger partial charge in [-0.05, 0) is 88.6 Å². The fraction of sp³-hybridized carbons (Fsp3) is 0.917. The predicted octanol–water partition coefficient (Wildman–Crippen LogP) is 4.14. The average molecular weight is 407 g/mol. The number of aliphatic hydroxyl groups is 1. The van der Waals surface area contributed by atoms with E-state index in [0.29, 0.717) is 24.2 Å². The van der Waals surface area contributed by atoms with Crippen molar-refractivity contribution in [3.63, 3.8) is 0 Å². The normalized spacial score (nSPS) is 41.3. The molecule has 0 spiro atoms. The van der Waals surface area contributed by atoms with Gasteiger partial charge in [0.05, 0.1) is 6.10 Å². The Kier molecular flexibility index (Phi) is 7.10. The second-order valence-electron chi connectivity index (χ2n) is 10.8. The van der Waals surface area contributed by atoms with E-state index in [2.05, 4.69) is 30.8 Å². The first-order chi connectivity index (χ1) is 13.7. The van der Waals surface area contributed by atoms with E-state index in [1.165, 1.54) is 0 Å². The Hall–Kier alpha value is -0.940. The SMILES string of the molecule is C[C@H](C/C=N/OCCN(C)C)[C@@]1(C)CC[C@H]2[C@@H](CC[C@@H]3C[C@@H](O)CC[C@@]32C)C1=O. The lowest BCUT2D eigenvalue weighted by Crippen LogP contribution is -2.55. The van der Waals surface area contributed by atoms with Crippen molar-refractivity contribution in [1.29, 1.82) is 0 Å². The highest BCUT2D eigenvalue weighted by atomic mass is 16.6. The molecule has 0 aromatic carbocycles. The quantitative estimate of drug-likeness (QED) is 0.392. The van der Waals surface area contributed by atoms with Crippen LogP contribution in [0.3, 0.4) is 0 Å². The van der Waals surface area contributed by atoms with Crippen LogP contribution in [0.15, 0.2) is 5.16 Å². The van der Waals surface area contributed by atoms with Gasteiger partial charge in [-0.25, -0.2) is 0 Å². The van der Waals surface area contributed by atoms with Crippen LogP contribution in [0, 0.1) is 34.5 Å². The molecule has 0 unspecified atom stereocenters. The van der Waals surface area contributed by atoms with Crippen molar-refractivity contribution >= 4 is 12.0 Å². The van der Waals surface area contributed by atoms with Crippen molar-refractivity contribution in [1.82, 2.24) is 4.90 Å². The molecule has 0 aliphatic heterocycles. The van der Waals surface area contributed by atoms with Crippen LogP contribution < -0.4 is 0 Å². The van der Waals surface area contributed by atoms with Crippen molar-refractivity contribution in [2.24, 2.45) is 39.7 Å². The number of aliphatic hydroxyl groups excluding tert-OH is 1. The van der Waals surface area contributed by atoms with Gasteiger partial charge in [0.15, 0.2) is 0 Å². The highest BCUT2D eigenvalue weighted by molar-refractivity contribution is 5.88. The van der Waals surface area contributed by atoms with E-state index in [9.17, 15) is 9.90 Å². The maximum Gasteiger partial charge on any atom is 0.142 e. The van der Waals surface area contributed by atoms with Crippen molar-refractivity contribution in [3.05, 3.63) is 0 Å². The second-order valence-corrected chi connectivity index (χ2v) is 10.8. The number of fused-ring (bicyclic) bond motifs is 3. The van der Waals surface area contributed by atoms with Gasteiger partial charge in [-0.2, -0.15) is 0 Å². The minimum absolute atomic E-state index is 0.131. The summed E-state index contributed by atoms with van der Waals surface area (Å²) in [5.41, 5.74) is -0.0156. The number of carbonyl (C=O) groups excluding carboxylic acids is 1. The number of nitrogens with zero attached hydrogens (tertiary/aromatic N) is 2. The van der Waals surface area contributed by atoms with Crippen molar-refractivity contribution in [3.8, 4) is 0 Å². The summed E-state index contributed by atoms with van der Waals surface area (Å²) in [4.78, 5) is 21.1. The Morgan fingerprint density at radius 3 is 2.72 bits per heavy atom. The Balaban J connectivity index is 1.60. The van der Waals surface area contributed by atoms with Gasteiger partial charge in [-0.1, -0.05) is 25.9 Å². The van der Waals surface area contributed by atoms with E-state index in [4.69, 9.17) is 4.84 Å². The number of carbonyl (C=O) groups is 1. The highest BCUT2D eigenvalue weighted by Crippen LogP contribution is 2.61. The topological polar surface area (TPSA) is 62.1 Å². The van der Waals surface area contributed by atoms with Crippen molar-refractivity contribution in [2.75, 3.05) is 27.2 Å². The van der Waals surface area contributed by atoms with Crippen LogP contribution in [0.2, 0.25) is 0 Å². The number of likely N-dealkylation sites (N-methyl/N-ethyl adjacent to an activating group) is 1. The Bertz CT molecular complexity index is 607. The van der Waals surface area contributed by atoms with Gasteiger partial charge in [0.1, 0.15) is 12.4 Å². The van der Waals surface area contributed by atoms with Crippen LogP contribution in [-0.4, -0.2) is 55.4 Å². The van der Waals surface area contributed by atoms with Crippen molar-refractivity contribution in [2.45, 2.75) is 78.2 Å². The zero-order valence-electron chi connectivity index (χ0n) is 19.2. The molecular weight excluding hydrogens is 364 g/mol. The minimum Gasteiger partial charge on any atom is -0.395 e. The highest BCUT2D eigenvalue weighted by Gasteiger charge is 2.57. The van der Waals surface area contributed by atoms with Crippen LogP contribution in [-0.2, 0) is 9.63 Å². The maximum atomic E-state index is 13.7. The van der Waals surface area contributed by atoms with E-state index in [1.54, 1.807) is 0 Å². The summed E-state index contributed by atoms with van der Waals surface area (Å²) >= 11 is 0. The van der Waals surface area contributed by atoms with E-state index in [0.717, 1.165) is 57.9 Å². The molecule has 0 heterocycles. The molecule has 5 nitrogen and oxygen atoms in total. The smallest absolute Gasteiger partial charge is 0.142 e. The molecule has 5 heteroatoms. The Morgan fingerprint density at radius 1 is 1.24 bits per heavy atom. The van der Waals surface area contributed by atoms with Gasteiger partial charge in [0, 0.05) is 24.1 Å². The standard InChI is InChI=1S/C24H42N2O3/c1-17(10-13-25-29-15-14-26(4)5)23(2)12-9-21-20(22(23)28)7-6-18-16-19(27)8-11-24(18,21)3/h13,17-21,27H,6-12,14-16H2,1-5H3/b25-13+/t17-,18-,19+,20-,21+,23-,24+/m1/s1. The zero-order chi connectivity index (χ0) is 21.2. The molecule has 0 amide bonds. The molecule has 3 fully saturated rings. The van der Waals surface area contributed by atoms with Crippen LogP contribution >= 0.6 is 0 Å². The fourth-order valence-electron chi connectivity index (χ4n) is 6.50. The third kappa shape index (κ3) is 4.56. The molecule has 0 aromatic rings. The van der Waals surface area contributed by atoms with E-state index < -0.39 is 0 Å². The predicted molar refractivity (Wildman–Crippen MR) is 117 cm³/mol. The number of rotatable bonds is 7. The molecule has 1 N–H and O–H groups in total. The third-order valence-electron chi connectivity index (χ3n) is 8.86. The number of Topliss-reactive ketones (excluding diaryl/α,β-unsaturated/α-hetero) is 1. The summed E-state index contributed by atoms with van der Waals surface area (Å²) in [5, 5.41) is 14.2. The molecule has 0 bridgehead atoms. The monoisotopic (exact) mass is 406 g/mol. The number of hydrogen-bond donors (Lipinski definition) is 1. The zero-order valence-corrected chi connectivity index (χ0v) is 19.2. The summed E-state index contributed by atoms with van der Waals surface area (Å²) in [6, 6.07) is 0. The lowest BCUT2D eigenvalue weighted by molar-refractivity contribution is -0.156. The summed E-state index contributed by atoms with van der Waals surface area (Å²) in [5.74, 6) is 2.07. The first kappa shape index (κ1) is 22.7. The van der Waals surface area contributed by atoms with Gasteiger partial charge in [0.25, 0.3) is 0 Å². The molecule has 3 saturated carbocycles. The summed E-state index contributed by atoms with van der Waals surface area (Å²) in [6.07, 6.45) is 9.68. The van der Waals surface area contributed by atoms with E-state index in [1.807, 2.05) is 20.3 Å². The van der Waals surface area contributed by atoms with Gasteiger partial charge < -0.3 is 14.8 Å². The lowest BCUT2D eigenvalue weighted by atomic mass is 9.46. The molecule has 3 rings (SSSR count). The molecule has 0 radical (unpaired) electrons. The van der Waals surface area contributed by atoms with Crippen LogP contribution in [0.5, 0.6) is 0 Å². The maximum absolute atomic E-state index is 13.7. The number of hydrogen-bond acceptors (Lipinski definition) is 5. The Morgan fingerprint density at radius 2 is 2.00 bits per heavy atom. The molecule has 166 valence electrons. The van der Waals surface area contributed by atoms with Gasteiger partial charge >= 0.3 is 0 Å². The second kappa shape index (κ2) is 9.05. The van der Waals surface area contributed by atoms with Gasteiger partial charge in [-0.3, -0.25) is 4.79 Å². The Labute approximate surface area is 177 Å². The van der Waals surface area contributed by atoms with E-state index in [-0.39, 0.29) is 28.8 Å². The lowest BCUT2D eigenvalue weighted by Gasteiger charge is -2.58. The first-order valence-corrected chi connectivity index (χ1v) is 11.7. The largest absolute Gasteiger partial charge is 0.395 e. The van der Waals surface area contributed by atoms with Crippen LogP contribution in [0.1, 0.15) is 72.1 Å².